The van der Waals surface area contributed by atoms with E-state index in [1.54, 1.807) is 0 Å². The summed E-state index contributed by atoms with van der Waals surface area (Å²) in [6.45, 7) is 0. The zero-order valence-electron chi connectivity index (χ0n) is 11.2. The number of hydrogen-bond donors (Lipinski definition) is 0. The Labute approximate surface area is 115 Å². The number of halogens is 7. The van der Waals surface area contributed by atoms with E-state index in [4.69, 9.17) is 0 Å². The molecular formula is C11H19F7OSi. The zero-order chi connectivity index (χ0) is 15.9. The van der Waals surface area contributed by atoms with Crippen LogP contribution < -0.4 is 0 Å². The van der Waals surface area contributed by atoms with Crippen molar-refractivity contribution in [1.29, 1.82) is 0 Å². The fraction of sp³-hybridized carbons (Fsp3) is 1.00. The minimum Gasteiger partial charge on any atom is -0.420 e. The fourth-order valence-electron chi connectivity index (χ4n) is 1.67. The van der Waals surface area contributed by atoms with Gasteiger partial charge >= 0.3 is 17.6 Å². The van der Waals surface area contributed by atoms with Crippen molar-refractivity contribution in [3.05, 3.63) is 0 Å². The molecule has 0 aromatic rings. The Balaban J connectivity index is 3.78. The molecule has 0 fully saturated rings. The standard InChI is InChI=1S/C11H19F7OSi/c1-19-20-11(17,18)9(12,13)7-5-3-2-4-6-8-10(14,15)16/h2-8,20H2,1H3. The molecule has 0 radical (unpaired) electrons. The lowest BCUT2D eigenvalue weighted by Crippen LogP contribution is -2.46. The first-order valence-electron chi connectivity index (χ1n) is 6.33. The smallest absolute Gasteiger partial charge is 0.389 e. The minimum absolute atomic E-state index is 0.0629. The number of alkyl halides is 7. The van der Waals surface area contributed by atoms with Gasteiger partial charge in [-0.05, 0) is 12.8 Å². The first-order valence-corrected chi connectivity index (χ1v) is 7.61. The Morgan fingerprint density at radius 1 is 0.750 bits per heavy atom. The highest BCUT2D eigenvalue weighted by Gasteiger charge is 2.55. The summed E-state index contributed by atoms with van der Waals surface area (Å²) in [6, 6.07) is 0. The van der Waals surface area contributed by atoms with Gasteiger partial charge in [-0.2, -0.15) is 13.2 Å². The molecule has 0 atom stereocenters. The summed E-state index contributed by atoms with van der Waals surface area (Å²) in [4.78, 5) is 0. The summed E-state index contributed by atoms with van der Waals surface area (Å²) in [5.41, 5.74) is -4.09. The molecule has 0 aliphatic heterocycles. The third-order valence-electron chi connectivity index (χ3n) is 2.81. The Kier molecular flexibility index (Phi) is 8.08. The highest BCUT2D eigenvalue weighted by atomic mass is 28.2. The number of hydrogen-bond acceptors (Lipinski definition) is 1. The molecule has 0 saturated heterocycles. The van der Waals surface area contributed by atoms with Crippen LogP contribution >= 0.6 is 0 Å². The monoisotopic (exact) mass is 328 g/mol. The zero-order valence-corrected chi connectivity index (χ0v) is 12.6. The van der Waals surface area contributed by atoms with Crippen molar-refractivity contribution in [2.45, 2.75) is 62.6 Å². The Morgan fingerprint density at radius 3 is 1.65 bits per heavy atom. The predicted octanol–water partition coefficient (Wildman–Crippen LogP) is 4.24. The second-order valence-corrected chi connectivity index (χ2v) is 6.48. The van der Waals surface area contributed by atoms with Crippen LogP contribution in [-0.2, 0) is 4.43 Å². The normalized spacial score (nSPS) is 14.4. The van der Waals surface area contributed by atoms with E-state index in [1.165, 1.54) is 0 Å². The van der Waals surface area contributed by atoms with Gasteiger partial charge in [0.1, 0.15) is 0 Å². The van der Waals surface area contributed by atoms with Gasteiger partial charge in [0.15, 0.2) is 0 Å². The van der Waals surface area contributed by atoms with E-state index in [0.717, 1.165) is 7.11 Å². The summed E-state index contributed by atoms with van der Waals surface area (Å²) in [6.07, 6.45) is -5.46. The second-order valence-electron chi connectivity index (χ2n) is 4.72. The molecule has 122 valence electrons. The molecule has 9 heteroatoms. The summed E-state index contributed by atoms with van der Waals surface area (Å²) < 4.78 is 92.0. The lowest BCUT2D eigenvalue weighted by Gasteiger charge is -2.25. The van der Waals surface area contributed by atoms with Crippen molar-refractivity contribution >= 4 is 9.76 Å². The molecule has 0 aliphatic rings. The van der Waals surface area contributed by atoms with E-state index in [9.17, 15) is 30.7 Å². The SMILES string of the molecule is CO[SiH2]C(F)(F)C(F)(F)CCCCCCCC(F)(F)F. The van der Waals surface area contributed by atoms with Crippen LogP contribution in [0.15, 0.2) is 0 Å². The highest BCUT2D eigenvalue weighted by molar-refractivity contribution is 6.31. The molecule has 0 spiro atoms. The summed E-state index contributed by atoms with van der Waals surface area (Å²) >= 11 is 0. The van der Waals surface area contributed by atoms with Gasteiger partial charge in [0.05, 0.1) is 0 Å². The molecule has 0 aliphatic carbocycles. The number of rotatable bonds is 10. The molecule has 0 aromatic carbocycles. The lowest BCUT2D eigenvalue weighted by molar-refractivity contribution is -0.169. The summed E-state index contributed by atoms with van der Waals surface area (Å²) in [7, 11) is -1.66. The molecule has 0 saturated carbocycles. The van der Waals surface area contributed by atoms with Crippen LogP contribution in [0.25, 0.3) is 0 Å². The maximum absolute atomic E-state index is 13.2. The van der Waals surface area contributed by atoms with Crippen LogP contribution in [0.3, 0.4) is 0 Å². The maximum atomic E-state index is 13.2. The Morgan fingerprint density at radius 2 is 1.20 bits per heavy atom. The first-order chi connectivity index (χ1) is 9.02. The lowest BCUT2D eigenvalue weighted by atomic mass is 10.1. The van der Waals surface area contributed by atoms with Crippen molar-refractivity contribution in [2.75, 3.05) is 7.11 Å². The van der Waals surface area contributed by atoms with E-state index in [1.807, 2.05) is 0 Å². The van der Waals surface area contributed by atoms with Crippen molar-refractivity contribution in [2.24, 2.45) is 0 Å². The summed E-state index contributed by atoms with van der Waals surface area (Å²) in [5.74, 6) is -4.10. The average Bonchev–Trinajstić information content (AvgIpc) is 2.25. The molecule has 0 bridgehead atoms. The highest BCUT2D eigenvalue weighted by Crippen LogP contribution is 2.37. The van der Waals surface area contributed by atoms with E-state index in [0.29, 0.717) is 6.42 Å². The molecule has 0 rings (SSSR count). The third-order valence-corrected chi connectivity index (χ3v) is 3.98. The fourth-order valence-corrected chi connectivity index (χ4v) is 2.42. The van der Waals surface area contributed by atoms with Gasteiger partial charge in [-0.15, -0.1) is 0 Å². The van der Waals surface area contributed by atoms with Crippen LogP contribution in [0.4, 0.5) is 30.7 Å². The van der Waals surface area contributed by atoms with Crippen LogP contribution in [0.1, 0.15) is 44.9 Å². The molecule has 0 unspecified atom stereocenters. The quantitative estimate of drug-likeness (QED) is 0.331. The molecule has 1 nitrogen and oxygen atoms in total. The average molecular weight is 328 g/mol. The van der Waals surface area contributed by atoms with Crippen molar-refractivity contribution < 1.29 is 35.2 Å². The molecule has 0 amide bonds. The number of unbranched alkanes of at least 4 members (excludes halogenated alkanes) is 4. The largest absolute Gasteiger partial charge is 0.420 e. The van der Waals surface area contributed by atoms with E-state index < -0.39 is 40.2 Å². The molecule has 0 heterocycles. The van der Waals surface area contributed by atoms with Crippen molar-refractivity contribution in [3.8, 4) is 0 Å². The molecule has 20 heavy (non-hydrogen) atoms. The van der Waals surface area contributed by atoms with Crippen LogP contribution in [0, 0.1) is 0 Å². The van der Waals surface area contributed by atoms with Crippen LogP contribution in [0.5, 0.6) is 0 Å². The van der Waals surface area contributed by atoms with Gasteiger partial charge < -0.3 is 4.43 Å². The summed E-state index contributed by atoms with van der Waals surface area (Å²) in [5, 5.41) is 0. The third kappa shape index (κ3) is 8.08. The van der Waals surface area contributed by atoms with E-state index >= 15 is 0 Å². The van der Waals surface area contributed by atoms with Gasteiger partial charge in [-0.1, -0.05) is 19.3 Å². The van der Waals surface area contributed by atoms with Crippen LogP contribution in [-0.4, -0.2) is 34.5 Å². The molecule has 0 aromatic heterocycles. The van der Waals surface area contributed by atoms with Gasteiger partial charge in [-0.25, -0.2) is 17.6 Å². The van der Waals surface area contributed by atoms with E-state index in [2.05, 4.69) is 4.43 Å². The Bertz CT molecular complexity index is 268. The maximum Gasteiger partial charge on any atom is 0.389 e. The molecule has 0 N–H and O–H groups in total. The Hall–Kier alpha value is -0.313. The van der Waals surface area contributed by atoms with Crippen LogP contribution in [0.2, 0.25) is 0 Å². The topological polar surface area (TPSA) is 9.23 Å². The van der Waals surface area contributed by atoms with Gasteiger partial charge in [0.2, 0.25) is 9.76 Å². The van der Waals surface area contributed by atoms with Gasteiger partial charge in [-0.3, -0.25) is 0 Å². The first kappa shape index (κ1) is 19.7. The van der Waals surface area contributed by atoms with Gasteiger partial charge in [0, 0.05) is 20.0 Å². The molecular weight excluding hydrogens is 309 g/mol. The van der Waals surface area contributed by atoms with Gasteiger partial charge in [0.25, 0.3) is 0 Å². The minimum atomic E-state index is -4.21. The predicted molar refractivity (Wildman–Crippen MR) is 63.8 cm³/mol. The second kappa shape index (κ2) is 8.21. The van der Waals surface area contributed by atoms with Crippen molar-refractivity contribution in [1.82, 2.24) is 0 Å². The van der Waals surface area contributed by atoms with E-state index in [-0.39, 0.29) is 25.7 Å². The van der Waals surface area contributed by atoms with Crippen molar-refractivity contribution in [3.63, 3.8) is 0 Å².